The van der Waals surface area contributed by atoms with Crippen molar-refractivity contribution in [2.45, 2.75) is 39.3 Å². The SMILES string of the molecule is CC(C(=O)Nc1cccc(Cl)c1C(=O)Nc1ccccc1)N(C(=O)O)C(C)(C)C. The van der Waals surface area contributed by atoms with E-state index in [1.165, 1.54) is 6.92 Å². The molecule has 0 aliphatic heterocycles. The normalized spacial score (nSPS) is 12.0. The lowest BCUT2D eigenvalue weighted by Gasteiger charge is -2.37. The second kappa shape index (κ2) is 8.96. The van der Waals surface area contributed by atoms with Crippen molar-refractivity contribution in [1.29, 1.82) is 0 Å². The number of carboxylic acid groups (broad SMARTS) is 1. The Hall–Kier alpha value is -3.06. The van der Waals surface area contributed by atoms with E-state index in [0.717, 1.165) is 4.90 Å². The van der Waals surface area contributed by atoms with Crippen molar-refractivity contribution in [3.8, 4) is 0 Å². The van der Waals surface area contributed by atoms with Gasteiger partial charge in [-0.05, 0) is 52.0 Å². The highest BCUT2D eigenvalue weighted by Gasteiger charge is 2.35. The first kappa shape index (κ1) is 22.2. The fourth-order valence-electron chi connectivity index (χ4n) is 2.96. The second-order valence-electron chi connectivity index (χ2n) is 7.47. The highest BCUT2D eigenvalue weighted by Crippen LogP contribution is 2.27. The summed E-state index contributed by atoms with van der Waals surface area (Å²) in [6.07, 6.45) is -1.21. The molecule has 0 radical (unpaired) electrons. The number of benzene rings is 2. The third-order valence-electron chi connectivity index (χ3n) is 4.23. The molecule has 8 heteroatoms. The lowest BCUT2D eigenvalue weighted by molar-refractivity contribution is -0.121. The van der Waals surface area contributed by atoms with Crippen molar-refractivity contribution in [2.24, 2.45) is 0 Å². The van der Waals surface area contributed by atoms with E-state index in [1.807, 2.05) is 6.07 Å². The van der Waals surface area contributed by atoms with E-state index in [-0.39, 0.29) is 16.3 Å². The molecule has 0 bridgehead atoms. The van der Waals surface area contributed by atoms with Crippen LogP contribution < -0.4 is 10.6 Å². The summed E-state index contributed by atoms with van der Waals surface area (Å²) in [7, 11) is 0. The summed E-state index contributed by atoms with van der Waals surface area (Å²) in [5.74, 6) is -1.06. The molecule has 0 spiro atoms. The number of para-hydroxylation sites is 1. The standard InChI is InChI=1S/C21H24ClN3O4/c1-13(25(20(28)29)21(2,3)4)18(26)24-16-12-8-11-15(22)17(16)19(27)23-14-9-6-5-7-10-14/h5-13H,1-4H3,(H,23,27)(H,24,26)(H,28,29). The number of nitrogens with zero attached hydrogens (tertiary/aromatic N) is 1. The number of hydrogen-bond acceptors (Lipinski definition) is 3. The van der Waals surface area contributed by atoms with E-state index < -0.39 is 29.5 Å². The number of amides is 3. The minimum atomic E-state index is -1.21. The van der Waals surface area contributed by atoms with Crippen LogP contribution in [0.4, 0.5) is 16.2 Å². The van der Waals surface area contributed by atoms with E-state index >= 15 is 0 Å². The maximum atomic E-state index is 12.8. The van der Waals surface area contributed by atoms with Gasteiger partial charge in [0.1, 0.15) is 6.04 Å². The van der Waals surface area contributed by atoms with Gasteiger partial charge in [0.25, 0.3) is 5.91 Å². The first-order valence-electron chi connectivity index (χ1n) is 9.00. The van der Waals surface area contributed by atoms with Crippen LogP contribution in [0, 0.1) is 0 Å². The number of hydrogen-bond donors (Lipinski definition) is 3. The number of rotatable bonds is 5. The second-order valence-corrected chi connectivity index (χ2v) is 7.88. The molecular weight excluding hydrogens is 394 g/mol. The van der Waals surface area contributed by atoms with Crippen LogP contribution in [0.5, 0.6) is 0 Å². The van der Waals surface area contributed by atoms with Gasteiger partial charge in [0.2, 0.25) is 5.91 Å². The number of nitrogens with one attached hydrogen (secondary N) is 2. The summed E-state index contributed by atoms with van der Waals surface area (Å²) in [5, 5.41) is 15.0. The summed E-state index contributed by atoms with van der Waals surface area (Å²) < 4.78 is 0. The average Bonchev–Trinajstić information content (AvgIpc) is 2.60. The maximum Gasteiger partial charge on any atom is 0.408 e. The molecule has 29 heavy (non-hydrogen) atoms. The van der Waals surface area contributed by atoms with E-state index in [4.69, 9.17) is 11.6 Å². The lowest BCUT2D eigenvalue weighted by Crippen LogP contribution is -2.54. The van der Waals surface area contributed by atoms with Crippen molar-refractivity contribution < 1.29 is 19.5 Å². The molecule has 0 saturated carbocycles. The minimum Gasteiger partial charge on any atom is -0.465 e. The van der Waals surface area contributed by atoms with Gasteiger partial charge in [0.05, 0.1) is 16.3 Å². The van der Waals surface area contributed by atoms with Crippen molar-refractivity contribution in [3.05, 3.63) is 59.1 Å². The zero-order valence-corrected chi connectivity index (χ0v) is 17.4. The molecule has 3 amide bonds. The summed E-state index contributed by atoms with van der Waals surface area (Å²) in [5.41, 5.74) is 0.0795. The van der Waals surface area contributed by atoms with Gasteiger partial charge in [-0.1, -0.05) is 35.9 Å². The molecule has 0 heterocycles. The molecule has 7 nitrogen and oxygen atoms in total. The molecule has 1 unspecified atom stereocenters. The van der Waals surface area contributed by atoms with Crippen LogP contribution in [0.1, 0.15) is 38.1 Å². The van der Waals surface area contributed by atoms with Crippen molar-refractivity contribution >= 4 is 40.9 Å². The fourth-order valence-corrected chi connectivity index (χ4v) is 3.22. The number of anilines is 2. The Morgan fingerprint density at radius 1 is 1.00 bits per heavy atom. The van der Waals surface area contributed by atoms with Crippen molar-refractivity contribution in [3.63, 3.8) is 0 Å². The third kappa shape index (κ3) is 5.48. The molecule has 0 aromatic heterocycles. The molecule has 2 aromatic carbocycles. The largest absolute Gasteiger partial charge is 0.465 e. The predicted molar refractivity (Wildman–Crippen MR) is 114 cm³/mol. The predicted octanol–water partition coefficient (Wildman–Crippen LogP) is 4.70. The van der Waals surface area contributed by atoms with Gasteiger partial charge in [-0.2, -0.15) is 0 Å². The van der Waals surface area contributed by atoms with E-state index in [0.29, 0.717) is 5.69 Å². The third-order valence-corrected chi connectivity index (χ3v) is 4.54. The molecule has 0 fully saturated rings. The summed E-state index contributed by atoms with van der Waals surface area (Å²) in [4.78, 5) is 38.2. The smallest absolute Gasteiger partial charge is 0.408 e. The fraction of sp³-hybridized carbons (Fsp3) is 0.286. The quantitative estimate of drug-likeness (QED) is 0.656. The van der Waals surface area contributed by atoms with Crippen molar-refractivity contribution in [2.75, 3.05) is 10.6 Å². The first-order chi connectivity index (χ1) is 13.5. The van der Waals surface area contributed by atoms with Crippen LogP contribution in [-0.4, -0.2) is 39.5 Å². The summed E-state index contributed by atoms with van der Waals surface area (Å²) in [6, 6.07) is 12.5. The van der Waals surface area contributed by atoms with E-state index in [2.05, 4.69) is 10.6 Å². The topological polar surface area (TPSA) is 98.7 Å². The average molecular weight is 418 g/mol. The van der Waals surface area contributed by atoms with Crippen LogP contribution in [0.2, 0.25) is 5.02 Å². The van der Waals surface area contributed by atoms with Crippen molar-refractivity contribution in [1.82, 2.24) is 4.90 Å². The zero-order valence-electron chi connectivity index (χ0n) is 16.7. The Bertz CT molecular complexity index is 910. The molecule has 2 aromatic rings. The van der Waals surface area contributed by atoms with Gasteiger partial charge in [-0.25, -0.2) is 4.79 Å². The Kier molecular flexibility index (Phi) is 6.87. The monoisotopic (exact) mass is 417 g/mol. The summed E-state index contributed by atoms with van der Waals surface area (Å²) >= 11 is 6.22. The molecule has 3 N–H and O–H groups in total. The molecule has 2 rings (SSSR count). The van der Waals surface area contributed by atoms with Crippen LogP contribution in [0.15, 0.2) is 48.5 Å². The van der Waals surface area contributed by atoms with Crippen LogP contribution in [0.3, 0.4) is 0 Å². The Morgan fingerprint density at radius 3 is 2.17 bits per heavy atom. The molecule has 1 atom stereocenters. The van der Waals surface area contributed by atoms with Crippen LogP contribution in [0.25, 0.3) is 0 Å². The van der Waals surface area contributed by atoms with Gasteiger partial charge in [0.15, 0.2) is 0 Å². The molecule has 0 saturated heterocycles. The Morgan fingerprint density at radius 2 is 1.62 bits per heavy atom. The maximum absolute atomic E-state index is 12.8. The number of halogens is 1. The number of carbonyl (C=O) groups is 3. The Labute approximate surface area is 174 Å². The Balaban J connectivity index is 2.29. The molecule has 0 aliphatic rings. The number of carbonyl (C=O) groups excluding carboxylic acids is 2. The van der Waals surface area contributed by atoms with Gasteiger partial charge in [0, 0.05) is 11.2 Å². The zero-order chi connectivity index (χ0) is 21.8. The van der Waals surface area contributed by atoms with Gasteiger partial charge in [-0.3, -0.25) is 14.5 Å². The van der Waals surface area contributed by atoms with Crippen LogP contribution in [-0.2, 0) is 4.79 Å². The highest BCUT2D eigenvalue weighted by atomic mass is 35.5. The molecular formula is C21H24ClN3O4. The first-order valence-corrected chi connectivity index (χ1v) is 9.38. The van der Waals surface area contributed by atoms with E-state index in [1.54, 1.807) is 63.2 Å². The summed E-state index contributed by atoms with van der Waals surface area (Å²) in [6.45, 7) is 6.58. The van der Waals surface area contributed by atoms with Gasteiger partial charge >= 0.3 is 6.09 Å². The van der Waals surface area contributed by atoms with E-state index in [9.17, 15) is 19.5 Å². The minimum absolute atomic E-state index is 0.0937. The highest BCUT2D eigenvalue weighted by molar-refractivity contribution is 6.35. The lowest BCUT2D eigenvalue weighted by atomic mass is 10.0. The van der Waals surface area contributed by atoms with Crippen LogP contribution >= 0.6 is 11.6 Å². The molecule has 154 valence electrons. The van der Waals surface area contributed by atoms with Gasteiger partial charge < -0.3 is 15.7 Å². The van der Waals surface area contributed by atoms with Gasteiger partial charge in [-0.15, -0.1) is 0 Å². The molecule has 0 aliphatic carbocycles.